The highest BCUT2D eigenvalue weighted by Gasteiger charge is 2.91. The third kappa shape index (κ3) is 3.15. The zero-order chi connectivity index (χ0) is 20.9. The second-order valence-corrected chi connectivity index (χ2v) is 4.96. The first-order chi connectivity index (χ1) is 10.6. The van der Waals surface area contributed by atoms with Crippen LogP contribution in [0.15, 0.2) is 0 Å². The first-order valence-electron chi connectivity index (χ1n) is 6.13. The van der Waals surface area contributed by atoms with Crippen molar-refractivity contribution in [2.45, 2.75) is 56.1 Å². The summed E-state index contributed by atoms with van der Waals surface area (Å²) in [5, 5.41) is 0. The summed E-state index contributed by atoms with van der Waals surface area (Å²) in [5.41, 5.74) is 0. The number of halogens is 13. The van der Waals surface area contributed by atoms with Crippen LogP contribution in [0.25, 0.3) is 0 Å². The van der Waals surface area contributed by atoms with E-state index in [0.717, 1.165) is 6.92 Å². The predicted octanol–water partition coefficient (Wildman–Crippen LogP) is 5.34. The Morgan fingerprint density at radius 3 is 1.28 bits per heavy atom. The van der Waals surface area contributed by atoms with Crippen molar-refractivity contribution in [3.63, 3.8) is 0 Å². The molecule has 1 atom stereocenters. The number of carbonyl (C=O) groups is 1. The fourth-order valence-corrected chi connectivity index (χ4v) is 1.56. The Kier molecular flexibility index (Phi) is 5.87. The van der Waals surface area contributed by atoms with Crippen molar-refractivity contribution in [3.8, 4) is 0 Å². The topological polar surface area (TPSA) is 17.1 Å². The maximum absolute atomic E-state index is 13.4. The van der Waals surface area contributed by atoms with Gasteiger partial charge in [-0.1, -0.05) is 6.92 Å². The average molecular weight is 404 g/mol. The molecule has 0 aromatic rings. The highest BCUT2D eigenvalue weighted by Crippen LogP contribution is 2.61. The van der Waals surface area contributed by atoms with Crippen LogP contribution in [0.1, 0.15) is 20.3 Å². The minimum atomic E-state index is -7.94. The van der Waals surface area contributed by atoms with Gasteiger partial charge in [-0.3, -0.25) is 4.79 Å². The smallest absolute Gasteiger partial charge is 0.299 e. The van der Waals surface area contributed by atoms with E-state index in [1.165, 1.54) is 0 Å². The SMILES string of the molecule is CCC(=O)C(C)C(F)(F)C(F)(F)C(F)(F)C(F)(F)C(F)(F)C(F)(F)F. The molecule has 0 radical (unpaired) electrons. The van der Waals surface area contributed by atoms with Crippen LogP contribution in [0.5, 0.6) is 0 Å². The summed E-state index contributed by atoms with van der Waals surface area (Å²) in [7, 11) is 0. The second-order valence-electron chi connectivity index (χ2n) is 4.96. The summed E-state index contributed by atoms with van der Waals surface area (Å²) in [6.45, 7) is 0.716. The van der Waals surface area contributed by atoms with Gasteiger partial charge in [0, 0.05) is 6.42 Å². The van der Waals surface area contributed by atoms with Crippen molar-refractivity contribution < 1.29 is 61.9 Å². The second kappa shape index (κ2) is 6.18. The van der Waals surface area contributed by atoms with Gasteiger partial charge in [0.05, 0.1) is 5.92 Å². The fourth-order valence-electron chi connectivity index (χ4n) is 1.56. The van der Waals surface area contributed by atoms with Gasteiger partial charge in [0.2, 0.25) is 0 Å². The number of carbonyl (C=O) groups excluding carboxylic acids is 1. The van der Waals surface area contributed by atoms with E-state index < -0.39 is 53.9 Å². The molecule has 0 rings (SSSR count). The number of Topliss-reactive ketones (excluding diaryl/α,β-unsaturated/α-hetero) is 1. The van der Waals surface area contributed by atoms with Gasteiger partial charge < -0.3 is 0 Å². The van der Waals surface area contributed by atoms with Crippen molar-refractivity contribution in [1.29, 1.82) is 0 Å². The maximum Gasteiger partial charge on any atom is 0.460 e. The monoisotopic (exact) mass is 404 g/mol. The summed E-state index contributed by atoms with van der Waals surface area (Å²) < 4.78 is 166. The molecule has 0 aliphatic rings. The molecule has 0 spiro atoms. The van der Waals surface area contributed by atoms with Gasteiger partial charge >= 0.3 is 35.8 Å². The van der Waals surface area contributed by atoms with Crippen LogP contribution >= 0.6 is 0 Å². The zero-order valence-electron chi connectivity index (χ0n) is 12.1. The first-order valence-corrected chi connectivity index (χ1v) is 6.13. The molecule has 0 aromatic carbocycles. The van der Waals surface area contributed by atoms with Gasteiger partial charge in [-0.25, -0.2) is 0 Å². The molecule has 1 unspecified atom stereocenters. The molecule has 0 heterocycles. The number of hydrogen-bond acceptors (Lipinski definition) is 1. The molecule has 0 bridgehead atoms. The van der Waals surface area contributed by atoms with Crippen molar-refractivity contribution >= 4 is 5.78 Å². The van der Waals surface area contributed by atoms with E-state index >= 15 is 0 Å². The minimum Gasteiger partial charge on any atom is -0.299 e. The van der Waals surface area contributed by atoms with Crippen molar-refractivity contribution in [2.75, 3.05) is 0 Å². The lowest BCUT2D eigenvalue weighted by Gasteiger charge is -2.41. The average Bonchev–Trinajstić information content (AvgIpc) is 2.43. The molecule has 150 valence electrons. The standard InChI is InChI=1S/C11H9F13O/c1-3-5(25)4(2)6(12,13)7(14,15)8(16,17)9(18,19)10(20,21)11(22,23)24/h4H,3H2,1-2H3. The molecule has 0 saturated carbocycles. The Bertz CT molecular complexity index is 505. The summed E-state index contributed by atoms with van der Waals surface area (Å²) >= 11 is 0. The molecule has 0 fully saturated rings. The van der Waals surface area contributed by atoms with Crippen molar-refractivity contribution in [1.82, 2.24) is 0 Å². The highest BCUT2D eigenvalue weighted by atomic mass is 19.4. The van der Waals surface area contributed by atoms with E-state index in [9.17, 15) is 61.9 Å². The maximum atomic E-state index is 13.4. The van der Waals surface area contributed by atoms with Crippen molar-refractivity contribution in [3.05, 3.63) is 0 Å². The molecular weight excluding hydrogens is 395 g/mol. The lowest BCUT2D eigenvalue weighted by Crippen LogP contribution is -2.71. The van der Waals surface area contributed by atoms with E-state index in [0.29, 0.717) is 0 Å². The molecule has 0 aromatic heterocycles. The molecule has 1 nitrogen and oxygen atoms in total. The van der Waals surface area contributed by atoms with Gasteiger partial charge in [0.1, 0.15) is 5.78 Å². The van der Waals surface area contributed by atoms with E-state index in [-0.39, 0.29) is 6.92 Å². The minimum absolute atomic E-state index is 0.0874. The molecule has 0 amide bonds. The number of rotatable bonds is 7. The van der Waals surface area contributed by atoms with Crippen LogP contribution < -0.4 is 0 Å². The Balaban J connectivity index is 6.34. The van der Waals surface area contributed by atoms with E-state index in [1.807, 2.05) is 0 Å². The molecule has 25 heavy (non-hydrogen) atoms. The number of ketones is 1. The zero-order valence-corrected chi connectivity index (χ0v) is 12.1. The van der Waals surface area contributed by atoms with Gasteiger partial charge in [0.15, 0.2) is 0 Å². The summed E-state index contributed by atoms with van der Waals surface area (Å²) in [6, 6.07) is 0. The van der Waals surface area contributed by atoms with Crippen LogP contribution in [0.2, 0.25) is 0 Å². The van der Waals surface area contributed by atoms with Crippen molar-refractivity contribution in [2.24, 2.45) is 5.92 Å². The molecule has 0 saturated heterocycles. The molecule has 14 heteroatoms. The third-order valence-corrected chi connectivity index (χ3v) is 3.33. The number of alkyl halides is 13. The summed E-state index contributed by atoms with van der Waals surface area (Å²) in [6.07, 6.45) is -8.40. The molecular formula is C11H9F13O. The number of hydrogen-bond donors (Lipinski definition) is 0. The fraction of sp³-hybridized carbons (Fsp3) is 0.909. The van der Waals surface area contributed by atoms with Gasteiger partial charge in [-0.15, -0.1) is 0 Å². The van der Waals surface area contributed by atoms with Crippen LogP contribution in [0.4, 0.5) is 57.1 Å². The lowest BCUT2D eigenvalue weighted by atomic mass is 9.86. The molecule has 0 N–H and O–H groups in total. The third-order valence-electron chi connectivity index (χ3n) is 3.33. The Labute approximate surface area is 131 Å². The first kappa shape index (κ1) is 23.8. The molecule has 0 aliphatic carbocycles. The van der Waals surface area contributed by atoms with Gasteiger partial charge in [-0.05, 0) is 6.92 Å². The quantitative estimate of drug-likeness (QED) is 0.524. The molecule has 0 aliphatic heterocycles. The largest absolute Gasteiger partial charge is 0.460 e. The lowest BCUT2D eigenvalue weighted by molar-refractivity contribution is -0.441. The van der Waals surface area contributed by atoms with Crippen LogP contribution in [-0.4, -0.2) is 41.6 Å². The Hall–Kier alpha value is -1.24. The van der Waals surface area contributed by atoms with E-state index in [2.05, 4.69) is 0 Å². The Morgan fingerprint density at radius 2 is 1.00 bits per heavy atom. The van der Waals surface area contributed by atoms with Gasteiger partial charge in [0.25, 0.3) is 0 Å². The van der Waals surface area contributed by atoms with Crippen LogP contribution in [-0.2, 0) is 4.79 Å². The van der Waals surface area contributed by atoms with Gasteiger partial charge in [-0.2, -0.15) is 57.1 Å². The predicted molar refractivity (Wildman–Crippen MR) is 55.3 cm³/mol. The van der Waals surface area contributed by atoms with Crippen LogP contribution in [0, 0.1) is 5.92 Å². The van der Waals surface area contributed by atoms with Crippen LogP contribution in [0.3, 0.4) is 0 Å². The summed E-state index contributed by atoms with van der Waals surface area (Å²) in [5.74, 6) is -42.5. The van der Waals surface area contributed by atoms with E-state index in [1.54, 1.807) is 0 Å². The highest BCUT2D eigenvalue weighted by molar-refractivity contribution is 5.81. The summed E-state index contributed by atoms with van der Waals surface area (Å²) in [4.78, 5) is 11.0. The Morgan fingerprint density at radius 1 is 0.680 bits per heavy atom. The van der Waals surface area contributed by atoms with E-state index in [4.69, 9.17) is 0 Å². The normalized spacial score (nSPS) is 16.8.